The number of fused-ring (bicyclic) bond motifs is 1. The minimum absolute atomic E-state index is 0.112. The summed E-state index contributed by atoms with van der Waals surface area (Å²) >= 11 is 0. The molecule has 1 saturated heterocycles. The van der Waals surface area contributed by atoms with Gasteiger partial charge >= 0.3 is 5.97 Å². The smallest absolute Gasteiger partial charge is 0.338 e. The maximum Gasteiger partial charge on any atom is 0.338 e. The molecule has 0 amide bonds. The van der Waals surface area contributed by atoms with Crippen molar-refractivity contribution in [3.05, 3.63) is 48.4 Å². The minimum Gasteiger partial charge on any atom is -0.460 e. The van der Waals surface area contributed by atoms with Gasteiger partial charge in [-0.25, -0.2) is 9.78 Å². The Morgan fingerprint density at radius 1 is 1.30 bits per heavy atom. The predicted octanol–water partition coefficient (Wildman–Crippen LogP) is 2.02. The van der Waals surface area contributed by atoms with Gasteiger partial charge in [0, 0.05) is 32.5 Å². The van der Waals surface area contributed by atoms with E-state index in [1.165, 1.54) is 6.33 Å². The van der Waals surface area contributed by atoms with Crippen LogP contribution in [0.4, 0.5) is 11.5 Å². The number of rotatable bonds is 5. The number of hydrogen-bond acceptors (Lipinski definition) is 7. The van der Waals surface area contributed by atoms with Gasteiger partial charge in [-0.1, -0.05) is 6.07 Å². The summed E-state index contributed by atoms with van der Waals surface area (Å²) < 4.78 is 7.35. The van der Waals surface area contributed by atoms with E-state index < -0.39 is 0 Å². The zero-order valence-corrected chi connectivity index (χ0v) is 15.4. The molecular weight excluding hydrogens is 344 g/mol. The summed E-state index contributed by atoms with van der Waals surface area (Å²) in [6, 6.07) is 9.48. The van der Waals surface area contributed by atoms with Crippen LogP contribution < -0.4 is 9.80 Å². The first-order valence-electron chi connectivity index (χ1n) is 8.99. The Balaban J connectivity index is 1.47. The van der Waals surface area contributed by atoms with Crippen LogP contribution in [0.25, 0.3) is 5.78 Å². The van der Waals surface area contributed by atoms with E-state index in [0.29, 0.717) is 17.9 Å². The lowest BCUT2D eigenvalue weighted by molar-refractivity contribution is 0.0482. The Morgan fingerprint density at radius 2 is 2.19 bits per heavy atom. The average molecular weight is 366 g/mol. The number of ether oxygens (including phenoxy) is 1. The van der Waals surface area contributed by atoms with Crippen LogP contribution in [0.15, 0.2) is 42.9 Å². The molecule has 3 heterocycles. The van der Waals surface area contributed by atoms with Crippen LogP contribution in [0.5, 0.6) is 0 Å². The van der Waals surface area contributed by atoms with E-state index >= 15 is 0 Å². The van der Waals surface area contributed by atoms with Crippen molar-refractivity contribution >= 4 is 23.3 Å². The quantitative estimate of drug-likeness (QED) is 0.639. The van der Waals surface area contributed by atoms with Gasteiger partial charge in [-0.2, -0.15) is 14.6 Å². The highest BCUT2D eigenvalue weighted by atomic mass is 16.5. The monoisotopic (exact) mass is 366 g/mol. The van der Waals surface area contributed by atoms with Gasteiger partial charge in [0.05, 0.1) is 11.6 Å². The van der Waals surface area contributed by atoms with E-state index in [9.17, 15) is 4.79 Å². The molecule has 1 atom stereocenters. The molecule has 0 N–H and O–H groups in total. The van der Waals surface area contributed by atoms with Gasteiger partial charge in [-0.05, 0) is 37.1 Å². The van der Waals surface area contributed by atoms with Crippen LogP contribution in [-0.2, 0) is 4.74 Å². The highest BCUT2D eigenvalue weighted by Gasteiger charge is 2.28. The number of nitrogens with zero attached hydrogens (tertiary/aromatic N) is 6. The third-order valence-corrected chi connectivity index (χ3v) is 4.84. The lowest BCUT2D eigenvalue weighted by atomic mass is 10.2. The number of carbonyl (C=O) groups is 1. The zero-order valence-electron chi connectivity index (χ0n) is 15.4. The van der Waals surface area contributed by atoms with Gasteiger partial charge in [0.1, 0.15) is 18.8 Å². The first-order valence-corrected chi connectivity index (χ1v) is 8.99. The predicted molar refractivity (Wildman–Crippen MR) is 102 cm³/mol. The largest absolute Gasteiger partial charge is 0.460 e. The summed E-state index contributed by atoms with van der Waals surface area (Å²) in [5.41, 5.74) is 1.53. The lowest BCUT2D eigenvalue weighted by Crippen LogP contribution is -2.35. The van der Waals surface area contributed by atoms with Crippen molar-refractivity contribution in [2.45, 2.75) is 18.9 Å². The van der Waals surface area contributed by atoms with Crippen molar-refractivity contribution < 1.29 is 9.53 Å². The molecule has 140 valence electrons. The Kier molecular flexibility index (Phi) is 4.62. The molecule has 0 spiro atoms. The molecule has 0 radical (unpaired) electrons. The molecule has 1 aliphatic rings. The van der Waals surface area contributed by atoms with Crippen molar-refractivity contribution in [2.75, 3.05) is 37.0 Å². The molecule has 0 unspecified atom stereocenters. The number of esters is 1. The standard InChI is InChI=1S/C19H22N6O2/c1-23(2)15-6-3-5-14(11-15)18(26)27-12-16-7-4-10-24(16)17-8-9-20-19-21-13-22-25(17)19/h3,5-6,8-9,11,13,16H,4,7,10,12H2,1-2H3/t16-/m1/s1. The Bertz CT molecular complexity index is 954. The SMILES string of the molecule is CN(C)c1cccc(C(=O)OC[C@H]2CCCN2c2ccnc3ncnn23)c1. The first-order chi connectivity index (χ1) is 13.1. The Labute approximate surface area is 157 Å². The van der Waals surface area contributed by atoms with Crippen LogP contribution in [0.2, 0.25) is 0 Å². The van der Waals surface area contributed by atoms with Crippen LogP contribution in [-0.4, -0.2) is 58.8 Å². The van der Waals surface area contributed by atoms with Crippen LogP contribution in [0.3, 0.4) is 0 Å². The van der Waals surface area contributed by atoms with E-state index in [1.54, 1.807) is 16.8 Å². The van der Waals surface area contributed by atoms with Gasteiger partial charge in [0.15, 0.2) is 0 Å². The molecule has 2 aromatic heterocycles. The van der Waals surface area contributed by atoms with Gasteiger partial charge in [0.25, 0.3) is 5.78 Å². The van der Waals surface area contributed by atoms with E-state index in [2.05, 4.69) is 20.0 Å². The van der Waals surface area contributed by atoms with Gasteiger partial charge in [-0.3, -0.25) is 0 Å². The Hall–Kier alpha value is -3.16. The van der Waals surface area contributed by atoms with Crippen LogP contribution in [0, 0.1) is 0 Å². The molecule has 8 nitrogen and oxygen atoms in total. The van der Waals surface area contributed by atoms with E-state index in [0.717, 1.165) is 30.9 Å². The second-order valence-electron chi connectivity index (χ2n) is 6.81. The molecule has 0 bridgehead atoms. The fourth-order valence-corrected chi connectivity index (χ4v) is 3.42. The number of aromatic nitrogens is 4. The maximum atomic E-state index is 12.5. The molecule has 0 saturated carbocycles. The van der Waals surface area contributed by atoms with E-state index in [1.807, 2.05) is 43.3 Å². The van der Waals surface area contributed by atoms with E-state index in [4.69, 9.17) is 4.74 Å². The third kappa shape index (κ3) is 3.42. The van der Waals surface area contributed by atoms with Crippen molar-refractivity contribution in [1.29, 1.82) is 0 Å². The van der Waals surface area contributed by atoms with Crippen molar-refractivity contribution in [3.63, 3.8) is 0 Å². The van der Waals surface area contributed by atoms with E-state index in [-0.39, 0.29) is 12.0 Å². The van der Waals surface area contributed by atoms with Crippen LogP contribution in [0.1, 0.15) is 23.2 Å². The lowest BCUT2D eigenvalue weighted by Gasteiger charge is -2.26. The highest BCUT2D eigenvalue weighted by Crippen LogP contribution is 2.25. The number of carbonyl (C=O) groups excluding carboxylic acids is 1. The van der Waals surface area contributed by atoms with Crippen LogP contribution >= 0.6 is 0 Å². The summed E-state index contributed by atoms with van der Waals surface area (Å²) in [5, 5.41) is 4.26. The number of anilines is 2. The molecule has 1 fully saturated rings. The third-order valence-electron chi connectivity index (χ3n) is 4.84. The minimum atomic E-state index is -0.300. The fraction of sp³-hybridized carbons (Fsp3) is 0.368. The Morgan fingerprint density at radius 3 is 3.04 bits per heavy atom. The average Bonchev–Trinajstić information content (AvgIpc) is 3.35. The van der Waals surface area contributed by atoms with Crippen molar-refractivity contribution in [3.8, 4) is 0 Å². The summed E-state index contributed by atoms with van der Waals surface area (Å²) in [6.45, 7) is 1.22. The second kappa shape index (κ2) is 7.22. The molecule has 27 heavy (non-hydrogen) atoms. The molecule has 3 aromatic rings. The fourth-order valence-electron chi connectivity index (χ4n) is 3.42. The van der Waals surface area contributed by atoms with Gasteiger partial charge in [0.2, 0.25) is 0 Å². The van der Waals surface area contributed by atoms with Gasteiger partial charge in [-0.15, -0.1) is 0 Å². The molecule has 1 aromatic carbocycles. The molecular formula is C19H22N6O2. The summed E-state index contributed by atoms with van der Waals surface area (Å²) in [4.78, 5) is 25.0. The number of benzene rings is 1. The highest BCUT2D eigenvalue weighted by molar-refractivity contribution is 5.90. The normalized spacial score (nSPS) is 16.7. The van der Waals surface area contributed by atoms with Crippen molar-refractivity contribution in [2.24, 2.45) is 0 Å². The molecule has 1 aliphatic heterocycles. The maximum absolute atomic E-state index is 12.5. The van der Waals surface area contributed by atoms with Crippen molar-refractivity contribution in [1.82, 2.24) is 19.6 Å². The first kappa shape index (κ1) is 17.3. The molecule has 0 aliphatic carbocycles. The summed E-state index contributed by atoms with van der Waals surface area (Å²) in [6.07, 6.45) is 5.22. The summed E-state index contributed by atoms with van der Waals surface area (Å²) in [5.74, 6) is 1.19. The summed E-state index contributed by atoms with van der Waals surface area (Å²) in [7, 11) is 3.89. The topological polar surface area (TPSA) is 75.9 Å². The number of hydrogen-bond donors (Lipinski definition) is 0. The zero-order chi connectivity index (χ0) is 18.8. The molecule has 4 rings (SSSR count). The second-order valence-corrected chi connectivity index (χ2v) is 6.81. The molecule has 8 heteroatoms. The van der Waals surface area contributed by atoms with Gasteiger partial charge < -0.3 is 14.5 Å².